The van der Waals surface area contributed by atoms with E-state index < -0.39 is 0 Å². The molecule has 31 heavy (non-hydrogen) atoms. The van der Waals surface area contributed by atoms with Gasteiger partial charge in [0.05, 0.1) is 11.6 Å². The van der Waals surface area contributed by atoms with Gasteiger partial charge in [-0.05, 0) is 108 Å². The molecule has 2 aromatic rings. The highest BCUT2D eigenvalue weighted by atomic mass is 79.9. The van der Waals surface area contributed by atoms with Crippen molar-refractivity contribution >= 4 is 39.9 Å². The first-order valence-corrected chi connectivity index (χ1v) is 12.2. The number of benzene rings is 2. The molecule has 0 aromatic heterocycles. The average Bonchev–Trinajstić information content (AvgIpc) is 2.71. The fourth-order valence-electron chi connectivity index (χ4n) is 6.37. The van der Waals surface area contributed by atoms with Gasteiger partial charge in [0, 0.05) is 17.1 Å². The summed E-state index contributed by atoms with van der Waals surface area (Å²) in [6, 6.07) is 12.0. The zero-order chi connectivity index (χ0) is 20.7. The summed E-state index contributed by atoms with van der Waals surface area (Å²) in [5.74, 6) is 4.36. The Kier molecular flexibility index (Phi) is 7.12. The molecule has 4 aliphatic rings. The fraction of sp³-hybridized carbons (Fsp3) is 0.520. The van der Waals surface area contributed by atoms with Crippen LogP contribution in [-0.4, -0.2) is 12.6 Å². The summed E-state index contributed by atoms with van der Waals surface area (Å²) in [5, 5.41) is 4.70. The van der Waals surface area contributed by atoms with Crippen LogP contribution in [0.5, 0.6) is 11.5 Å². The van der Waals surface area contributed by atoms with Crippen LogP contribution in [0.25, 0.3) is 0 Å². The van der Waals surface area contributed by atoms with E-state index in [9.17, 15) is 0 Å². The van der Waals surface area contributed by atoms with Crippen molar-refractivity contribution in [2.45, 2.75) is 57.2 Å². The zero-order valence-corrected chi connectivity index (χ0v) is 21.0. The predicted octanol–water partition coefficient (Wildman–Crippen LogP) is 7.17. The molecule has 4 bridgehead atoms. The van der Waals surface area contributed by atoms with Gasteiger partial charge in [0.25, 0.3) is 0 Å². The van der Waals surface area contributed by atoms with Gasteiger partial charge in [-0.1, -0.05) is 23.7 Å². The van der Waals surface area contributed by atoms with Crippen LogP contribution in [0.2, 0.25) is 5.02 Å². The summed E-state index contributed by atoms with van der Waals surface area (Å²) in [4.78, 5) is 0. The molecule has 0 saturated heterocycles. The molecule has 6 rings (SSSR count). The van der Waals surface area contributed by atoms with Crippen LogP contribution in [-0.2, 0) is 13.2 Å². The molecular formula is C25H30BrCl2NO2. The van der Waals surface area contributed by atoms with Crippen molar-refractivity contribution in [3.63, 3.8) is 0 Å². The highest BCUT2D eigenvalue weighted by Gasteiger charge is 2.50. The quantitative estimate of drug-likeness (QED) is 0.414. The van der Waals surface area contributed by atoms with E-state index in [1.165, 1.54) is 44.1 Å². The molecule has 4 fully saturated rings. The Morgan fingerprint density at radius 1 is 1.00 bits per heavy atom. The lowest BCUT2D eigenvalue weighted by Gasteiger charge is -2.57. The molecule has 6 heteroatoms. The van der Waals surface area contributed by atoms with Crippen molar-refractivity contribution in [1.29, 1.82) is 0 Å². The third kappa shape index (κ3) is 5.03. The molecule has 0 amide bonds. The molecule has 0 unspecified atom stereocenters. The van der Waals surface area contributed by atoms with Crippen molar-refractivity contribution in [3.8, 4) is 11.5 Å². The lowest BCUT2D eigenvalue weighted by atomic mass is 9.53. The van der Waals surface area contributed by atoms with Crippen molar-refractivity contribution in [3.05, 3.63) is 57.0 Å². The largest absolute Gasteiger partial charge is 0.493 e. The summed E-state index contributed by atoms with van der Waals surface area (Å²) in [7, 11) is 1.70. The van der Waals surface area contributed by atoms with Gasteiger partial charge in [-0.15, -0.1) is 12.4 Å². The zero-order valence-electron chi connectivity index (χ0n) is 17.8. The number of halogens is 3. The maximum atomic E-state index is 6.08. The molecule has 168 valence electrons. The van der Waals surface area contributed by atoms with Gasteiger partial charge in [-0.25, -0.2) is 0 Å². The molecule has 0 heterocycles. The van der Waals surface area contributed by atoms with Gasteiger partial charge in [0.15, 0.2) is 11.5 Å². The monoisotopic (exact) mass is 525 g/mol. The number of rotatable bonds is 7. The van der Waals surface area contributed by atoms with E-state index in [1.807, 2.05) is 24.3 Å². The van der Waals surface area contributed by atoms with Crippen LogP contribution in [0.4, 0.5) is 0 Å². The van der Waals surface area contributed by atoms with Crippen LogP contribution in [0.1, 0.15) is 49.7 Å². The molecule has 0 atom stereocenters. The smallest absolute Gasteiger partial charge is 0.175 e. The second-order valence-corrected chi connectivity index (χ2v) is 10.9. The van der Waals surface area contributed by atoms with E-state index in [4.69, 9.17) is 21.1 Å². The summed E-state index contributed by atoms with van der Waals surface area (Å²) < 4.78 is 12.7. The molecule has 4 saturated carbocycles. The second-order valence-electron chi connectivity index (χ2n) is 9.58. The van der Waals surface area contributed by atoms with Gasteiger partial charge >= 0.3 is 0 Å². The Bertz CT molecular complexity index is 883. The summed E-state index contributed by atoms with van der Waals surface area (Å²) >= 11 is 9.68. The lowest BCUT2D eigenvalue weighted by Crippen LogP contribution is -2.58. The Morgan fingerprint density at radius 3 is 2.19 bits per heavy atom. The normalized spacial score (nSPS) is 28.3. The lowest BCUT2D eigenvalue weighted by molar-refractivity contribution is -0.0206. The van der Waals surface area contributed by atoms with Gasteiger partial charge in [0.2, 0.25) is 0 Å². The van der Waals surface area contributed by atoms with E-state index in [0.717, 1.165) is 50.9 Å². The standard InChI is InChI=1S/C25H29BrClNO2.ClH/c1-29-23-10-20(9-22(26)24(23)30-15-16-2-4-21(27)5-3-16)14-28-25-11-17-6-18(12-25)8-19(7-17)13-25;/h2-5,9-10,17-19,28H,6-8,11-15H2,1H3;1H. The van der Waals surface area contributed by atoms with Gasteiger partial charge in [-0.2, -0.15) is 0 Å². The number of ether oxygens (including phenoxy) is 2. The van der Waals surface area contributed by atoms with Crippen molar-refractivity contribution in [2.75, 3.05) is 7.11 Å². The number of nitrogens with one attached hydrogen (secondary N) is 1. The number of hydrogen-bond donors (Lipinski definition) is 1. The molecule has 0 radical (unpaired) electrons. The molecule has 0 spiro atoms. The Hall–Kier alpha value is -0.940. The van der Waals surface area contributed by atoms with Crippen molar-refractivity contribution in [1.82, 2.24) is 5.32 Å². The summed E-state index contributed by atoms with van der Waals surface area (Å²) in [6.45, 7) is 1.34. The van der Waals surface area contributed by atoms with Crippen molar-refractivity contribution in [2.24, 2.45) is 17.8 Å². The Morgan fingerprint density at radius 2 is 1.61 bits per heavy atom. The van der Waals surface area contributed by atoms with Crippen LogP contribution >= 0.6 is 39.9 Å². The first kappa shape index (κ1) is 23.2. The van der Waals surface area contributed by atoms with Crippen LogP contribution in [0.15, 0.2) is 40.9 Å². The molecule has 3 nitrogen and oxygen atoms in total. The molecule has 0 aliphatic heterocycles. The van der Waals surface area contributed by atoms with E-state index >= 15 is 0 Å². The Balaban J connectivity index is 0.00000231. The third-order valence-electron chi connectivity index (χ3n) is 7.29. The first-order chi connectivity index (χ1) is 14.5. The SMILES string of the molecule is COc1cc(CNC23CC4CC(CC(C4)C2)C3)cc(Br)c1OCc1ccc(Cl)cc1.Cl. The highest BCUT2D eigenvalue weighted by Crippen LogP contribution is 2.55. The molecule has 2 aromatic carbocycles. The van der Waals surface area contributed by atoms with Crippen molar-refractivity contribution < 1.29 is 9.47 Å². The van der Waals surface area contributed by atoms with E-state index in [2.05, 4.69) is 33.4 Å². The van der Waals surface area contributed by atoms with E-state index in [1.54, 1.807) is 7.11 Å². The Labute approximate surface area is 204 Å². The van der Waals surface area contributed by atoms with Crippen LogP contribution in [0.3, 0.4) is 0 Å². The minimum Gasteiger partial charge on any atom is -0.493 e. The number of hydrogen-bond acceptors (Lipinski definition) is 3. The maximum Gasteiger partial charge on any atom is 0.175 e. The topological polar surface area (TPSA) is 30.5 Å². The average molecular weight is 527 g/mol. The van der Waals surface area contributed by atoms with Crippen LogP contribution < -0.4 is 14.8 Å². The molecular weight excluding hydrogens is 497 g/mol. The molecule has 4 aliphatic carbocycles. The third-order valence-corrected chi connectivity index (χ3v) is 8.13. The maximum absolute atomic E-state index is 6.08. The van der Waals surface area contributed by atoms with Gasteiger partial charge in [0.1, 0.15) is 6.61 Å². The minimum atomic E-state index is 0. The predicted molar refractivity (Wildman–Crippen MR) is 131 cm³/mol. The van der Waals surface area contributed by atoms with E-state index in [0.29, 0.717) is 12.1 Å². The fourth-order valence-corrected chi connectivity index (χ4v) is 7.10. The highest BCUT2D eigenvalue weighted by molar-refractivity contribution is 9.10. The number of methoxy groups -OCH3 is 1. The minimum absolute atomic E-state index is 0. The second kappa shape index (κ2) is 9.51. The van der Waals surface area contributed by atoms with Crippen LogP contribution in [0, 0.1) is 17.8 Å². The van der Waals surface area contributed by atoms with Gasteiger partial charge < -0.3 is 14.8 Å². The first-order valence-electron chi connectivity index (χ1n) is 11.0. The summed E-state index contributed by atoms with van der Waals surface area (Å²) in [6.07, 6.45) is 8.50. The van der Waals surface area contributed by atoms with E-state index in [-0.39, 0.29) is 12.4 Å². The van der Waals surface area contributed by atoms with Gasteiger partial charge in [-0.3, -0.25) is 0 Å². The molecule has 1 N–H and O–H groups in total. The summed E-state index contributed by atoms with van der Waals surface area (Å²) in [5.41, 5.74) is 2.66.